The Morgan fingerprint density at radius 1 is 1.32 bits per heavy atom. The summed E-state index contributed by atoms with van der Waals surface area (Å²) in [5.74, 6) is -0.463. The Bertz CT molecular complexity index is 865. The average molecular weight is 550 g/mol. The van der Waals surface area contributed by atoms with Crippen LogP contribution in [0.25, 0.3) is 10.9 Å². The van der Waals surface area contributed by atoms with Crippen molar-refractivity contribution in [1.82, 2.24) is 9.78 Å². The van der Waals surface area contributed by atoms with Gasteiger partial charge in [0.25, 0.3) is 3.79 Å². The quantitative estimate of drug-likeness (QED) is 0.131. The highest BCUT2D eigenvalue weighted by Gasteiger charge is 2.31. The van der Waals surface area contributed by atoms with E-state index in [1.54, 1.807) is 17.7 Å². The van der Waals surface area contributed by atoms with Gasteiger partial charge in [0.2, 0.25) is 5.90 Å². The first-order valence-corrected chi connectivity index (χ1v) is 14.6. The normalized spacial score (nSPS) is 13.8. The third-order valence-electron chi connectivity index (χ3n) is 3.99. The highest BCUT2D eigenvalue weighted by molar-refractivity contribution is 9.10. The van der Waals surface area contributed by atoms with Crippen LogP contribution < -0.4 is 0 Å². The fourth-order valence-electron chi connectivity index (χ4n) is 2.52. The molecule has 0 spiro atoms. The molecule has 157 valence electrons. The number of aromatic nitrogens is 2. The number of halogens is 5. The minimum absolute atomic E-state index is 0.288. The number of nitrogens with zero attached hydrogens (tertiary/aromatic N) is 2. The molecular weight excluding hydrogens is 528 g/mol. The van der Waals surface area contributed by atoms with Gasteiger partial charge in [0.15, 0.2) is 0 Å². The summed E-state index contributed by atoms with van der Waals surface area (Å²) in [5, 5.41) is 13.7. The second-order valence-electron chi connectivity index (χ2n) is 7.62. The Labute approximate surface area is 194 Å². The number of nitrogens with one attached hydrogen (secondary N) is 1. The van der Waals surface area contributed by atoms with E-state index in [4.69, 9.17) is 61.3 Å². The Balaban J connectivity index is 2.33. The van der Waals surface area contributed by atoms with Crippen molar-refractivity contribution < 1.29 is 9.47 Å². The van der Waals surface area contributed by atoms with E-state index in [2.05, 4.69) is 40.7 Å². The van der Waals surface area contributed by atoms with Gasteiger partial charge in [-0.2, -0.15) is 24.7 Å². The molecule has 5 nitrogen and oxygen atoms in total. The van der Waals surface area contributed by atoms with Crippen molar-refractivity contribution >= 4 is 87.2 Å². The topological polar surface area (TPSA) is 60.1 Å². The molecule has 28 heavy (non-hydrogen) atoms. The van der Waals surface area contributed by atoms with Crippen LogP contribution >= 0.6 is 62.3 Å². The monoisotopic (exact) mass is 547 g/mol. The predicted octanol–water partition coefficient (Wildman–Crippen LogP) is 7.19. The van der Waals surface area contributed by atoms with Gasteiger partial charge in [-0.1, -0.05) is 46.4 Å². The summed E-state index contributed by atoms with van der Waals surface area (Å²) >= 11 is 27.0. The first-order chi connectivity index (χ1) is 12.8. The zero-order valence-corrected chi connectivity index (χ0v) is 21.6. The molecule has 11 heteroatoms. The van der Waals surface area contributed by atoms with Crippen LogP contribution in [0, 0.1) is 5.41 Å². The van der Waals surface area contributed by atoms with Crippen molar-refractivity contribution in [2.45, 2.75) is 49.2 Å². The van der Waals surface area contributed by atoms with Gasteiger partial charge in [-0.15, -0.1) is 14.1 Å². The van der Waals surface area contributed by atoms with Crippen molar-refractivity contribution in [1.29, 1.82) is 5.41 Å². The van der Waals surface area contributed by atoms with Gasteiger partial charge in [-0.3, -0.25) is 5.41 Å². The second kappa shape index (κ2) is 9.41. The molecule has 0 aliphatic carbocycles. The van der Waals surface area contributed by atoms with Crippen molar-refractivity contribution in [3.8, 4) is 0 Å². The van der Waals surface area contributed by atoms with Crippen LogP contribution in [-0.2, 0) is 16.2 Å². The van der Waals surface area contributed by atoms with Crippen molar-refractivity contribution in [2.75, 3.05) is 6.61 Å². The van der Waals surface area contributed by atoms with Crippen LogP contribution in [0.5, 0.6) is 0 Å². The van der Waals surface area contributed by atoms with Gasteiger partial charge in [0.1, 0.15) is 17.4 Å². The summed E-state index contributed by atoms with van der Waals surface area (Å²) in [6.07, 6.45) is -0.589. The van der Waals surface area contributed by atoms with Gasteiger partial charge < -0.3 is 9.47 Å². The van der Waals surface area contributed by atoms with E-state index >= 15 is 0 Å². The van der Waals surface area contributed by atoms with Crippen LogP contribution in [0.1, 0.15) is 18.6 Å². The van der Waals surface area contributed by atoms with E-state index in [1.807, 2.05) is 6.07 Å². The lowest BCUT2D eigenvalue weighted by molar-refractivity contribution is 0.0811. The first kappa shape index (κ1) is 24.2. The van der Waals surface area contributed by atoms with E-state index in [1.165, 1.54) is 0 Å². The SMILES string of the molecule is CC(OC(=N)C(Cl)(Cl)Cl)c1cc(Cl)cc2c(Br)nn(COCC[Si-](C)(C)C)c12. The lowest BCUT2D eigenvalue weighted by Gasteiger charge is -2.26. The molecule has 1 aromatic heterocycles. The highest BCUT2D eigenvalue weighted by Crippen LogP contribution is 2.36. The zero-order chi connectivity index (χ0) is 21.3. The molecule has 0 fully saturated rings. The van der Waals surface area contributed by atoms with Gasteiger partial charge >= 0.3 is 0 Å². The van der Waals surface area contributed by atoms with E-state index < -0.39 is 23.9 Å². The minimum Gasteiger partial charge on any atom is -0.470 e. The molecule has 0 saturated heterocycles. The van der Waals surface area contributed by atoms with Crippen LogP contribution in [0.15, 0.2) is 16.7 Å². The largest absolute Gasteiger partial charge is 0.470 e. The molecule has 1 atom stereocenters. The number of fused-ring (bicyclic) bond motifs is 1. The maximum atomic E-state index is 7.83. The van der Waals surface area contributed by atoms with Crippen molar-refractivity contribution in [3.63, 3.8) is 0 Å². The number of ether oxygens (including phenoxy) is 2. The Morgan fingerprint density at radius 2 is 1.96 bits per heavy atom. The van der Waals surface area contributed by atoms with Gasteiger partial charge in [-0.05, 0) is 35.0 Å². The van der Waals surface area contributed by atoms with Crippen LogP contribution in [0.3, 0.4) is 0 Å². The molecule has 2 aromatic rings. The molecule has 0 bridgehead atoms. The Morgan fingerprint density at radius 3 is 2.54 bits per heavy atom. The molecule has 0 aliphatic rings. The predicted molar refractivity (Wildman–Crippen MR) is 124 cm³/mol. The van der Waals surface area contributed by atoms with Gasteiger partial charge in [0, 0.05) is 22.6 Å². The van der Waals surface area contributed by atoms with Crippen molar-refractivity contribution in [2.24, 2.45) is 0 Å². The summed E-state index contributed by atoms with van der Waals surface area (Å²) in [5.41, 5.74) is 1.50. The minimum atomic E-state index is -1.94. The van der Waals surface area contributed by atoms with Gasteiger partial charge in [-0.25, -0.2) is 4.68 Å². The fourth-order valence-corrected chi connectivity index (χ4v) is 4.13. The molecule has 0 saturated carbocycles. The van der Waals surface area contributed by atoms with E-state index in [9.17, 15) is 0 Å². The summed E-state index contributed by atoms with van der Waals surface area (Å²) in [6, 6.07) is 4.63. The lowest BCUT2D eigenvalue weighted by Crippen LogP contribution is -2.23. The van der Waals surface area contributed by atoms with E-state index in [0.717, 1.165) is 16.9 Å². The summed E-state index contributed by atoms with van der Waals surface area (Å²) in [7, 11) is -1.18. The molecule has 1 unspecified atom stereocenters. The van der Waals surface area contributed by atoms with E-state index in [-0.39, 0.29) is 6.73 Å². The van der Waals surface area contributed by atoms with Crippen LogP contribution in [0.2, 0.25) is 30.7 Å². The standard InChI is InChI=1S/C17H22BrCl4N3O2Si/c1-10(27-16(23)17(20,21)22)12-7-11(19)8-13-14(12)25(24-15(13)18)9-26-5-6-28(2,3)4/h7-8,10,23H,5-6,9H2,1-4H3/q-1. The highest BCUT2D eigenvalue weighted by atomic mass is 79.9. The first-order valence-electron chi connectivity index (χ1n) is 8.55. The molecule has 0 radical (unpaired) electrons. The van der Waals surface area contributed by atoms with Gasteiger partial charge in [0.05, 0.1) is 5.52 Å². The van der Waals surface area contributed by atoms with Crippen LogP contribution in [-0.4, -0.2) is 34.2 Å². The van der Waals surface area contributed by atoms with E-state index in [0.29, 0.717) is 21.8 Å². The fraction of sp³-hybridized carbons (Fsp3) is 0.529. The number of benzene rings is 1. The second-order valence-corrected chi connectivity index (χ2v) is 16.7. The molecule has 0 amide bonds. The summed E-state index contributed by atoms with van der Waals surface area (Å²) in [6.45, 7) is 9.61. The lowest BCUT2D eigenvalue weighted by atomic mass is 10.1. The maximum Gasteiger partial charge on any atom is 0.265 e. The molecular formula is C17H22BrCl4N3O2Si-. The summed E-state index contributed by atoms with van der Waals surface area (Å²) in [4.78, 5) is 0. The molecule has 1 N–H and O–H groups in total. The smallest absolute Gasteiger partial charge is 0.265 e. The molecule has 1 heterocycles. The van der Waals surface area contributed by atoms with Crippen LogP contribution in [0.4, 0.5) is 0 Å². The number of hydrogen-bond donors (Lipinski definition) is 1. The van der Waals surface area contributed by atoms with Crippen molar-refractivity contribution in [3.05, 3.63) is 27.3 Å². The summed E-state index contributed by atoms with van der Waals surface area (Å²) < 4.78 is 11.8. The Hall–Kier alpha value is -0.0231. The average Bonchev–Trinajstić information content (AvgIpc) is 2.85. The third kappa shape index (κ3) is 6.49. The number of hydrogen-bond acceptors (Lipinski definition) is 4. The number of rotatable bonds is 7. The maximum absolute atomic E-state index is 7.83. The third-order valence-corrected chi connectivity index (χ3v) is 7.02. The number of alkyl halides is 3. The molecule has 0 aliphatic heterocycles. The molecule has 1 aromatic carbocycles. The molecule has 2 rings (SSSR count). The Kier molecular flexibility index (Phi) is 8.15. The zero-order valence-electron chi connectivity index (χ0n) is 16.0.